The van der Waals surface area contributed by atoms with Gasteiger partial charge in [-0.1, -0.05) is 72.8 Å². The van der Waals surface area contributed by atoms with E-state index in [2.05, 4.69) is 42.5 Å². The number of methoxy groups -OCH3 is 1. The molecule has 154 valence electrons. The van der Waals surface area contributed by atoms with Gasteiger partial charge in [0.05, 0.1) is 6.61 Å². The third kappa shape index (κ3) is 3.16. The normalized spacial score (nSPS) is 25.0. The Labute approximate surface area is 177 Å². The number of carbonyl (C=O) groups is 1. The third-order valence-corrected chi connectivity index (χ3v) is 7.02. The molecule has 2 fully saturated rings. The summed E-state index contributed by atoms with van der Waals surface area (Å²) in [5, 5.41) is 2.53. The van der Waals surface area contributed by atoms with Crippen LogP contribution in [0.25, 0.3) is 10.8 Å². The molecule has 0 aromatic heterocycles. The Morgan fingerprint density at radius 3 is 2.57 bits per heavy atom. The van der Waals surface area contributed by atoms with E-state index in [1.807, 2.05) is 35.2 Å². The predicted molar refractivity (Wildman–Crippen MR) is 117 cm³/mol. The number of benzene rings is 3. The Kier molecular flexibility index (Phi) is 4.75. The number of hydrogen-bond acceptors (Lipinski definition) is 3. The van der Waals surface area contributed by atoms with Crippen LogP contribution < -0.4 is 0 Å². The minimum absolute atomic E-state index is 0.0335. The van der Waals surface area contributed by atoms with E-state index >= 15 is 0 Å². The van der Waals surface area contributed by atoms with Crippen molar-refractivity contribution in [3.8, 4) is 0 Å². The molecule has 3 aromatic rings. The van der Waals surface area contributed by atoms with Crippen molar-refractivity contribution in [2.24, 2.45) is 5.41 Å². The number of fused-ring (bicyclic) bond motifs is 2. The zero-order valence-electron chi connectivity index (χ0n) is 17.3. The summed E-state index contributed by atoms with van der Waals surface area (Å²) in [5.74, 6) is 0. The highest BCUT2D eigenvalue weighted by Gasteiger charge is 2.70. The van der Waals surface area contributed by atoms with E-state index in [1.165, 1.54) is 16.3 Å². The Morgan fingerprint density at radius 2 is 1.77 bits per heavy atom. The van der Waals surface area contributed by atoms with Gasteiger partial charge in [-0.3, -0.25) is 0 Å². The molecule has 30 heavy (non-hydrogen) atoms. The molecule has 0 bridgehead atoms. The first-order valence-corrected chi connectivity index (χ1v) is 10.6. The molecule has 4 heteroatoms. The van der Waals surface area contributed by atoms with Crippen molar-refractivity contribution in [2.75, 3.05) is 26.8 Å². The molecule has 1 aliphatic carbocycles. The van der Waals surface area contributed by atoms with Crippen molar-refractivity contribution in [3.63, 3.8) is 0 Å². The molecule has 2 atom stereocenters. The molecule has 0 spiro atoms. The molecular weight excluding hydrogens is 374 g/mol. The number of amides is 1. The quantitative estimate of drug-likeness (QED) is 0.593. The van der Waals surface area contributed by atoms with Crippen LogP contribution in [0.4, 0.5) is 4.79 Å². The van der Waals surface area contributed by atoms with Gasteiger partial charge in [-0.05, 0) is 34.7 Å². The van der Waals surface area contributed by atoms with E-state index in [0.717, 1.165) is 18.4 Å². The maximum Gasteiger partial charge on any atom is 0.410 e. The summed E-state index contributed by atoms with van der Waals surface area (Å²) in [6.45, 7) is 2.36. The molecule has 1 amide bonds. The Morgan fingerprint density at radius 1 is 1.00 bits per heavy atom. The van der Waals surface area contributed by atoms with Crippen LogP contribution in [0.1, 0.15) is 24.0 Å². The van der Waals surface area contributed by atoms with Gasteiger partial charge in [-0.15, -0.1) is 0 Å². The molecule has 1 heterocycles. The van der Waals surface area contributed by atoms with Gasteiger partial charge in [0.1, 0.15) is 6.61 Å². The Balaban J connectivity index is 1.34. The molecule has 3 aromatic carbocycles. The summed E-state index contributed by atoms with van der Waals surface area (Å²) < 4.78 is 11.2. The molecular formula is C26H27NO3. The first kappa shape index (κ1) is 19.1. The van der Waals surface area contributed by atoms with Gasteiger partial charge in [0.25, 0.3) is 0 Å². The fraction of sp³-hybridized carbons (Fsp3) is 0.346. The molecule has 0 radical (unpaired) electrons. The lowest BCUT2D eigenvalue weighted by Gasteiger charge is -2.37. The average Bonchev–Trinajstić information content (AvgIpc) is 3.47. The lowest BCUT2D eigenvalue weighted by atomic mass is 9.80. The van der Waals surface area contributed by atoms with Crippen LogP contribution in [0.5, 0.6) is 0 Å². The summed E-state index contributed by atoms with van der Waals surface area (Å²) in [5.41, 5.74) is 2.43. The number of hydrogen-bond donors (Lipinski definition) is 0. The average molecular weight is 402 g/mol. The van der Waals surface area contributed by atoms with Crippen molar-refractivity contribution in [2.45, 2.75) is 24.9 Å². The molecule has 0 N–H and O–H groups in total. The van der Waals surface area contributed by atoms with Crippen LogP contribution >= 0.6 is 0 Å². The monoisotopic (exact) mass is 401 g/mol. The highest BCUT2D eigenvalue weighted by Crippen LogP contribution is 2.69. The van der Waals surface area contributed by atoms with Gasteiger partial charge in [-0.25, -0.2) is 4.79 Å². The fourth-order valence-electron chi connectivity index (χ4n) is 5.38. The number of rotatable bonds is 5. The largest absolute Gasteiger partial charge is 0.445 e. The van der Waals surface area contributed by atoms with Crippen molar-refractivity contribution in [1.29, 1.82) is 0 Å². The SMILES string of the molecule is COC[C@]12CN(C(=O)OCc3ccccc3)CC[C@@]1(c1ccc3ccccc3c1)C2. The molecule has 1 saturated carbocycles. The van der Waals surface area contributed by atoms with Gasteiger partial charge < -0.3 is 14.4 Å². The maximum absolute atomic E-state index is 12.8. The number of nitrogens with zero attached hydrogens (tertiary/aromatic N) is 1. The van der Waals surface area contributed by atoms with Gasteiger partial charge in [0.2, 0.25) is 0 Å². The van der Waals surface area contributed by atoms with Crippen LogP contribution in [0, 0.1) is 5.41 Å². The molecule has 1 saturated heterocycles. The lowest BCUT2D eigenvalue weighted by Crippen LogP contribution is -2.46. The fourth-order valence-corrected chi connectivity index (χ4v) is 5.38. The number of likely N-dealkylation sites (tertiary alicyclic amines) is 1. The summed E-state index contributed by atoms with van der Waals surface area (Å²) in [6.07, 6.45) is 1.76. The highest BCUT2D eigenvalue weighted by atomic mass is 16.6. The minimum Gasteiger partial charge on any atom is -0.445 e. The predicted octanol–water partition coefficient (Wildman–Crippen LogP) is 5.16. The van der Waals surface area contributed by atoms with E-state index in [1.54, 1.807) is 7.11 Å². The topological polar surface area (TPSA) is 38.8 Å². The Bertz CT molecular complexity index is 1070. The first-order valence-electron chi connectivity index (χ1n) is 10.6. The smallest absolute Gasteiger partial charge is 0.410 e. The van der Waals surface area contributed by atoms with Crippen LogP contribution in [0.2, 0.25) is 0 Å². The maximum atomic E-state index is 12.8. The third-order valence-electron chi connectivity index (χ3n) is 7.02. The second-order valence-corrected chi connectivity index (χ2v) is 8.75. The second-order valence-electron chi connectivity index (χ2n) is 8.75. The van der Waals surface area contributed by atoms with Crippen molar-refractivity contribution in [3.05, 3.63) is 83.9 Å². The van der Waals surface area contributed by atoms with Crippen LogP contribution in [0.3, 0.4) is 0 Å². The van der Waals surface area contributed by atoms with Gasteiger partial charge in [0, 0.05) is 31.0 Å². The zero-order valence-corrected chi connectivity index (χ0v) is 17.3. The molecule has 0 unspecified atom stereocenters. The van der Waals surface area contributed by atoms with E-state index in [0.29, 0.717) is 26.3 Å². The standard InChI is InChI=1S/C26H27NO3/c1-29-19-25-17-26(25,23-12-11-21-9-5-6-10-22(21)15-23)13-14-27(18-25)24(28)30-16-20-7-3-2-4-8-20/h2-12,15H,13-14,16-19H2,1H3/t25-,26-/m0/s1. The summed E-state index contributed by atoms with van der Waals surface area (Å²) in [4.78, 5) is 14.6. The van der Waals surface area contributed by atoms with Gasteiger partial charge in [-0.2, -0.15) is 0 Å². The van der Waals surface area contributed by atoms with Gasteiger partial charge >= 0.3 is 6.09 Å². The molecule has 4 nitrogen and oxygen atoms in total. The second kappa shape index (κ2) is 7.44. The van der Waals surface area contributed by atoms with Crippen LogP contribution in [0.15, 0.2) is 72.8 Å². The van der Waals surface area contributed by atoms with E-state index in [-0.39, 0.29) is 16.9 Å². The van der Waals surface area contributed by atoms with Crippen LogP contribution in [-0.2, 0) is 21.5 Å². The van der Waals surface area contributed by atoms with Crippen molar-refractivity contribution < 1.29 is 14.3 Å². The minimum atomic E-state index is -0.228. The summed E-state index contributed by atoms with van der Waals surface area (Å²) in [7, 11) is 1.75. The van der Waals surface area contributed by atoms with Crippen molar-refractivity contribution in [1.82, 2.24) is 4.90 Å². The highest BCUT2D eigenvalue weighted by molar-refractivity contribution is 5.83. The number of piperidine rings is 1. The lowest BCUT2D eigenvalue weighted by molar-refractivity contribution is 0.0471. The summed E-state index contributed by atoms with van der Waals surface area (Å²) in [6, 6.07) is 25.1. The first-order chi connectivity index (χ1) is 14.7. The van der Waals surface area contributed by atoms with Gasteiger partial charge in [0.15, 0.2) is 0 Å². The molecule has 5 rings (SSSR count). The van der Waals surface area contributed by atoms with E-state index < -0.39 is 0 Å². The molecule has 1 aliphatic heterocycles. The van der Waals surface area contributed by atoms with E-state index in [4.69, 9.17) is 9.47 Å². The van der Waals surface area contributed by atoms with E-state index in [9.17, 15) is 4.79 Å². The summed E-state index contributed by atoms with van der Waals surface area (Å²) >= 11 is 0. The van der Waals surface area contributed by atoms with Crippen LogP contribution in [-0.4, -0.2) is 37.8 Å². The molecule has 2 aliphatic rings. The number of ether oxygens (including phenoxy) is 2. The zero-order chi connectivity index (χ0) is 20.6. The van der Waals surface area contributed by atoms with Crippen molar-refractivity contribution >= 4 is 16.9 Å². The number of carbonyl (C=O) groups excluding carboxylic acids is 1. The Hall–Kier alpha value is -2.85.